The Labute approximate surface area is 188 Å². The summed E-state index contributed by atoms with van der Waals surface area (Å²) in [6.07, 6.45) is 0. The molecular weight excluding hydrogens is 432 g/mol. The smallest absolute Gasteiger partial charge is 0.308 e. The Hall–Kier alpha value is -3.39. The molecule has 2 aliphatic rings. The van der Waals surface area contributed by atoms with E-state index in [1.54, 1.807) is 47.4 Å². The Morgan fingerprint density at radius 3 is 2.47 bits per heavy atom. The third kappa shape index (κ3) is 3.31. The number of fused-ring (bicyclic) bond motifs is 2. The lowest BCUT2D eigenvalue weighted by atomic mass is 10.1. The molecule has 0 aliphatic carbocycles. The van der Waals surface area contributed by atoms with Crippen LogP contribution in [0.5, 0.6) is 0 Å². The lowest BCUT2D eigenvalue weighted by Crippen LogP contribution is -2.51. The Kier molecular flexibility index (Phi) is 5.09. The first-order valence-electron chi connectivity index (χ1n) is 10.1. The molecule has 162 valence electrons. The van der Waals surface area contributed by atoms with Crippen molar-refractivity contribution in [1.82, 2.24) is 4.90 Å². The van der Waals surface area contributed by atoms with Crippen LogP contribution in [0, 0.1) is 11.6 Å². The number of nitrogens with one attached hydrogen (secondary N) is 1. The van der Waals surface area contributed by atoms with Crippen molar-refractivity contribution in [2.75, 3.05) is 22.5 Å². The second kappa shape index (κ2) is 7.94. The minimum atomic E-state index is -1.35. The highest BCUT2D eigenvalue weighted by Gasteiger charge is 2.59. The Bertz CT molecular complexity index is 1190. The molecule has 2 heterocycles. The van der Waals surface area contributed by atoms with Gasteiger partial charge in [-0.2, -0.15) is 0 Å². The van der Waals surface area contributed by atoms with Crippen molar-refractivity contribution in [2.24, 2.45) is 0 Å². The highest BCUT2D eigenvalue weighted by Crippen LogP contribution is 2.54. The molecule has 3 amide bonds. The van der Waals surface area contributed by atoms with Crippen molar-refractivity contribution in [3.63, 3.8) is 0 Å². The zero-order chi connectivity index (χ0) is 22.3. The van der Waals surface area contributed by atoms with Crippen LogP contribution in [0.2, 0.25) is 0 Å². The molecule has 1 N–H and O–H groups in total. The van der Waals surface area contributed by atoms with E-state index < -0.39 is 16.7 Å². The summed E-state index contributed by atoms with van der Waals surface area (Å²) in [4.78, 5) is 28.7. The lowest BCUT2D eigenvalue weighted by molar-refractivity contribution is -0.123. The van der Waals surface area contributed by atoms with Gasteiger partial charge in [0.2, 0.25) is 0 Å². The van der Waals surface area contributed by atoms with Gasteiger partial charge >= 0.3 is 6.03 Å². The van der Waals surface area contributed by atoms with Gasteiger partial charge in [0, 0.05) is 23.5 Å². The molecule has 3 aromatic rings. The maximum Gasteiger partial charge on any atom is 0.323 e. The van der Waals surface area contributed by atoms with E-state index in [-0.39, 0.29) is 18.3 Å². The number of amides is 3. The van der Waals surface area contributed by atoms with Crippen molar-refractivity contribution < 1.29 is 18.4 Å². The summed E-state index contributed by atoms with van der Waals surface area (Å²) in [5.74, 6) is -0.618. The van der Waals surface area contributed by atoms with Crippen molar-refractivity contribution in [3.05, 3.63) is 95.6 Å². The van der Waals surface area contributed by atoms with Crippen molar-refractivity contribution in [3.8, 4) is 0 Å². The standard InChI is InChI=1S/C24H19F2N3O2S/c25-17-8-6-16(7-9-17)15-28-21-11-10-18(26)14-20(21)24(22(28)30)29(12-13-32-24)23(31)27-19-4-2-1-3-5-19/h1-11,14H,12-13,15H2,(H,27,31). The number of hydrogen-bond donors (Lipinski definition) is 1. The molecule has 0 aromatic heterocycles. The van der Waals surface area contributed by atoms with Gasteiger partial charge in [0.15, 0.2) is 4.87 Å². The van der Waals surface area contributed by atoms with Gasteiger partial charge < -0.3 is 10.2 Å². The van der Waals surface area contributed by atoms with Crippen LogP contribution < -0.4 is 10.2 Å². The number of benzene rings is 3. The van der Waals surface area contributed by atoms with Crippen LogP contribution in [0.1, 0.15) is 11.1 Å². The fraction of sp³-hybridized carbons (Fsp3) is 0.167. The number of urea groups is 1. The fourth-order valence-electron chi connectivity index (χ4n) is 4.23. The summed E-state index contributed by atoms with van der Waals surface area (Å²) in [6.45, 7) is 0.531. The quantitative estimate of drug-likeness (QED) is 0.613. The fourth-order valence-corrected chi connectivity index (χ4v) is 5.68. The molecule has 1 atom stereocenters. The number of halogens is 2. The van der Waals surface area contributed by atoms with E-state index in [0.29, 0.717) is 29.2 Å². The summed E-state index contributed by atoms with van der Waals surface area (Å²) >= 11 is 1.32. The number of carbonyl (C=O) groups excluding carboxylic acids is 2. The maximum atomic E-state index is 14.3. The van der Waals surface area contributed by atoms with Crippen molar-refractivity contribution >= 4 is 35.1 Å². The number of rotatable bonds is 3. The average molecular weight is 451 g/mol. The minimum absolute atomic E-state index is 0.189. The van der Waals surface area contributed by atoms with Gasteiger partial charge in [-0.1, -0.05) is 30.3 Å². The predicted octanol–water partition coefficient (Wildman–Crippen LogP) is 4.95. The van der Waals surface area contributed by atoms with Gasteiger partial charge in [-0.3, -0.25) is 9.69 Å². The van der Waals surface area contributed by atoms with Crippen LogP contribution in [0.25, 0.3) is 0 Å². The molecule has 1 saturated heterocycles. The van der Waals surface area contributed by atoms with Crippen LogP contribution in [0.4, 0.5) is 25.0 Å². The minimum Gasteiger partial charge on any atom is -0.308 e. The van der Waals surface area contributed by atoms with E-state index in [9.17, 15) is 18.4 Å². The van der Waals surface area contributed by atoms with E-state index in [0.717, 1.165) is 5.56 Å². The number of carbonyl (C=O) groups is 2. The molecule has 0 bridgehead atoms. The SMILES string of the molecule is O=C(Nc1ccccc1)N1CCSC12C(=O)N(Cc1ccc(F)cc1)c1ccc(F)cc12. The van der Waals surface area contributed by atoms with Crippen molar-refractivity contribution in [2.45, 2.75) is 11.4 Å². The molecule has 8 heteroatoms. The van der Waals surface area contributed by atoms with Gasteiger partial charge in [-0.15, -0.1) is 11.8 Å². The van der Waals surface area contributed by atoms with Gasteiger partial charge in [0.05, 0.1) is 12.2 Å². The van der Waals surface area contributed by atoms with E-state index in [4.69, 9.17) is 0 Å². The molecular formula is C24H19F2N3O2S. The second-order valence-electron chi connectivity index (χ2n) is 7.62. The maximum absolute atomic E-state index is 14.3. The van der Waals surface area contributed by atoms with E-state index in [1.807, 2.05) is 6.07 Å². The Morgan fingerprint density at radius 1 is 1.00 bits per heavy atom. The number of nitrogens with zero attached hydrogens (tertiary/aromatic N) is 2. The number of thioether (sulfide) groups is 1. The monoisotopic (exact) mass is 451 g/mol. The highest BCUT2D eigenvalue weighted by molar-refractivity contribution is 8.01. The van der Waals surface area contributed by atoms with E-state index in [1.165, 1.54) is 40.9 Å². The van der Waals surface area contributed by atoms with Gasteiger partial charge in [0.25, 0.3) is 5.91 Å². The zero-order valence-electron chi connectivity index (χ0n) is 16.9. The normalized spacial score (nSPS) is 19.5. The summed E-state index contributed by atoms with van der Waals surface area (Å²) in [7, 11) is 0. The third-order valence-electron chi connectivity index (χ3n) is 5.68. The predicted molar refractivity (Wildman–Crippen MR) is 120 cm³/mol. The van der Waals surface area contributed by atoms with Crippen LogP contribution in [0.3, 0.4) is 0 Å². The van der Waals surface area contributed by atoms with Crippen molar-refractivity contribution in [1.29, 1.82) is 0 Å². The first-order chi connectivity index (χ1) is 15.5. The first-order valence-corrected chi connectivity index (χ1v) is 11.1. The molecule has 0 radical (unpaired) electrons. The molecule has 32 heavy (non-hydrogen) atoms. The van der Waals surface area contributed by atoms with Crippen LogP contribution in [-0.2, 0) is 16.2 Å². The van der Waals surface area contributed by atoms with Gasteiger partial charge in [-0.25, -0.2) is 13.6 Å². The second-order valence-corrected chi connectivity index (χ2v) is 8.91. The average Bonchev–Trinajstić information content (AvgIpc) is 3.33. The molecule has 0 saturated carbocycles. The lowest BCUT2D eigenvalue weighted by Gasteiger charge is -2.33. The third-order valence-corrected chi connectivity index (χ3v) is 7.10. The molecule has 1 unspecified atom stereocenters. The number of anilines is 2. The molecule has 5 nitrogen and oxygen atoms in total. The zero-order valence-corrected chi connectivity index (χ0v) is 17.7. The van der Waals surface area contributed by atoms with Gasteiger partial charge in [0.1, 0.15) is 11.6 Å². The van der Waals surface area contributed by atoms with Crippen LogP contribution in [-0.4, -0.2) is 29.1 Å². The Morgan fingerprint density at radius 2 is 1.72 bits per heavy atom. The number of para-hydroxylation sites is 1. The molecule has 5 rings (SSSR count). The summed E-state index contributed by atoms with van der Waals surface area (Å²) < 4.78 is 27.6. The highest BCUT2D eigenvalue weighted by atomic mass is 32.2. The van der Waals surface area contributed by atoms with E-state index >= 15 is 0 Å². The summed E-state index contributed by atoms with van der Waals surface area (Å²) in [6, 6.07) is 18.6. The topological polar surface area (TPSA) is 52.7 Å². The first kappa shape index (κ1) is 20.5. The Balaban J connectivity index is 1.53. The molecule has 1 spiro atoms. The summed E-state index contributed by atoms with van der Waals surface area (Å²) in [5.41, 5.74) is 2.34. The van der Waals surface area contributed by atoms with Gasteiger partial charge in [-0.05, 0) is 48.0 Å². The van der Waals surface area contributed by atoms with E-state index in [2.05, 4.69) is 5.32 Å². The molecule has 1 fully saturated rings. The van der Waals surface area contributed by atoms with Crippen LogP contribution >= 0.6 is 11.8 Å². The number of hydrogen-bond acceptors (Lipinski definition) is 3. The van der Waals surface area contributed by atoms with Crippen LogP contribution in [0.15, 0.2) is 72.8 Å². The summed E-state index contributed by atoms with van der Waals surface area (Å²) in [5, 5.41) is 2.84. The molecule has 3 aromatic carbocycles. The largest absolute Gasteiger partial charge is 0.323 e. The molecule has 2 aliphatic heterocycles.